The van der Waals surface area contributed by atoms with Crippen LogP contribution in [0.3, 0.4) is 0 Å². The number of piperidine rings is 1. The molecule has 138 valence electrons. The number of aromatic nitrogens is 4. The van der Waals surface area contributed by atoms with Gasteiger partial charge in [0.15, 0.2) is 5.82 Å². The second kappa shape index (κ2) is 8.03. The van der Waals surface area contributed by atoms with E-state index in [9.17, 15) is 4.79 Å². The number of nitrogens with zero attached hydrogens (tertiary/aromatic N) is 5. The third-order valence-electron chi connectivity index (χ3n) is 4.49. The van der Waals surface area contributed by atoms with Crippen molar-refractivity contribution in [3.8, 4) is 11.7 Å². The van der Waals surface area contributed by atoms with Gasteiger partial charge in [-0.3, -0.25) is 4.79 Å². The average molecular weight is 475 g/mol. The van der Waals surface area contributed by atoms with Crippen molar-refractivity contribution in [2.24, 2.45) is 0 Å². The topological polar surface area (TPSA) is 73.1 Å². The molecule has 0 aliphatic carbocycles. The van der Waals surface area contributed by atoms with Gasteiger partial charge < -0.3 is 9.64 Å². The van der Waals surface area contributed by atoms with Crippen molar-refractivity contribution in [3.05, 3.63) is 64.0 Å². The van der Waals surface area contributed by atoms with Gasteiger partial charge in [0.2, 0.25) is 5.88 Å². The number of hydrogen-bond donors (Lipinski definition) is 0. The van der Waals surface area contributed by atoms with Gasteiger partial charge in [0.25, 0.3) is 5.91 Å². The number of amides is 1. The maximum atomic E-state index is 12.7. The van der Waals surface area contributed by atoms with Crippen LogP contribution in [0.25, 0.3) is 5.82 Å². The summed E-state index contributed by atoms with van der Waals surface area (Å²) in [5.41, 5.74) is 0.762. The second-order valence-corrected chi connectivity index (χ2v) is 7.43. The number of carbonyl (C=O) groups excluding carboxylic acids is 1. The number of hydrogen-bond acceptors (Lipinski definition) is 5. The zero-order valence-electron chi connectivity index (χ0n) is 14.5. The quantitative estimate of drug-likeness (QED) is 0.543. The summed E-state index contributed by atoms with van der Waals surface area (Å²) >= 11 is 2.20. The van der Waals surface area contributed by atoms with E-state index in [0.29, 0.717) is 24.8 Å². The molecule has 0 N–H and O–H groups in total. The Morgan fingerprint density at radius 2 is 1.89 bits per heavy atom. The first kappa shape index (κ1) is 17.9. The zero-order valence-corrected chi connectivity index (χ0v) is 16.7. The van der Waals surface area contributed by atoms with Crippen LogP contribution in [0.1, 0.15) is 23.2 Å². The summed E-state index contributed by atoms with van der Waals surface area (Å²) in [5.74, 6) is 1.22. The molecule has 3 heterocycles. The van der Waals surface area contributed by atoms with E-state index in [1.54, 1.807) is 16.9 Å². The highest BCUT2D eigenvalue weighted by Crippen LogP contribution is 2.20. The third-order valence-corrected chi connectivity index (χ3v) is 5.43. The fourth-order valence-electron chi connectivity index (χ4n) is 3.05. The number of ether oxygens (including phenoxy) is 1. The van der Waals surface area contributed by atoms with E-state index in [2.05, 4.69) is 37.9 Å². The van der Waals surface area contributed by atoms with Gasteiger partial charge in [-0.05, 0) is 46.9 Å². The molecule has 0 bridgehead atoms. The SMILES string of the molecule is O=C(c1ccccc1I)N1CCC(Oc2ccc(-n3cccn3)nn2)CC1. The first-order valence-electron chi connectivity index (χ1n) is 8.75. The predicted octanol–water partition coefficient (Wildman–Crippen LogP) is 2.95. The van der Waals surface area contributed by atoms with Crippen molar-refractivity contribution >= 4 is 28.5 Å². The minimum Gasteiger partial charge on any atom is -0.473 e. The van der Waals surface area contributed by atoms with E-state index in [1.165, 1.54) is 0 Å². The van der Waals surface area contributed by atoms with Crippen LogP contribution in [0.15, 0.2) is 54.9 Å². The van der Waals surface area contributed by atoms with E-state index in [0.717, 1.165) is 22.0 Å². The lowest BCUT2D eigenvalue weighted by Gasteiger charge is -2.32. The fourth-order valence-corrected chi connectivity index (χ4v) is 3.67. The van der Waals surface area contributed by atoms with Gasteiger partial charge in [-0.15, -0.1) is 10.2 Å². The highest BCUT2D eigenvalue weighted by Gasteiger charge is 2.25. The molecule has 0 saturated carbocycles. The van der Waals surface area contributed by atoms with E-state index in [-0.39, 0.29) is 12.0 Å². The van der Waals surface area contributed by atoms with Crippen LogP contribution in [0.5, 0.6) is 5.88 Å². The summed E-state index contributed by atoms with van der Waals surface area (Å²) < 4.78 is 8.56. The molecule has 1 aliphatic rings. The van der Waals surface area contributed by atoms with Gasteiger partial charge in [-0.25, -0.2) is 4.68 Å². The molecule has 1 amide bonds. The van der Waals surface area contributed by atoms with Crippen molar-refractivity contribution in [1.29, 1.82) is 0 Å². The number of carbonyl (C=O) groups is 1. The van der Waals surface area contributed by atoms with Crippen LogP contribution in [0, 0.1) is 3.57 Å². The number of halogens is 1. The summed E-state index contributed by atoms with van der Waals surface area (Å²) in [6, 6.07) is 13.1. The Morgan fingerprint density at radius 3 is 2.56 bits per heavy atom. The van der Waals surface area contributed by atoms with Crippen LogP contribution >= 0.6 is 22.6 Å². The molecular weight excluding hydrogens is 457 g/mol. The van der Waals surface area contributed by atoms with Crippen LogP contribution < -0.4 is 4.74 Å². The number of rotatable bonds is 4. The maximum absolute atomic E-state index is 12.7. The first-order valence-corrected chi connectivity index (χ1v) is 9.83. The van der Waals surface area contributed by atoms with Gasteiger partial charge in [0.05, 0.1) is 5.56 Å². The van der Waals surface area contributed by atoms with Crippen LogP contribution in [-0.4, -0.2) is 50.0 Å². The highest BCUT2D eigenvalue weighted by atomic mass is 127. The summed E-state index contributed by atoms with van der Waals surface area (Å²) in [6.45, 7) is 1.35. The molecule has 3 aromatic rings. The smallest absolute Gasteiger partial charge is 0.254 e. The van der Waals surface area contributed by atoms with E-state index < -0.39 is 0 Å². The molecule has 4 rings (SSSR count). The Balaban J connectivity index is 1.33. The Labute approximate surface area is 170 Å². The minimum atomic E-state index is 0.0359. The summed E-state index contributed by atoms with van der Waals surface area (Å²) in [5, 5.41) is 12.4. The molecule has 2 aromatic heterocycles. The minimum absolute atomic E-state index is 0.0359. The first-order chi connectivity index (χ1) is 13.2. The van der Waals surface area contributed by atoms with Gasteiger partial charge >= 0.3 is 0 Å². The monoisotopic (exact) mass is 475 g/mol. The normalized spacial score (nSPS) is 14.9. The molecule has 1 saturated heterocycles. The predicted molar refractivity (Wildman–Crippen MR) is 108 cm³/mol. The molecular formula is C19H18IN5O2. The van der Waals surface area contributed by atoms with Gasteiger partial charge in [-0.2, -0.15) is 5.10 Å². The summed E-state index contributed by atoms with van der Waals surface area (Å²) in [4.78, 5) is 14.6. The van der Waals surface area contributed by atoms with Crippen molar-refractivity contribution in [1.82, 2.24) is 24.9 Å². The molecule has 0 spiro atoms. The number of likely N-dealkylation sites (tertiary alicyclic amines) is 1. The zero-order chi connectivity index (χ0) is 18.6. The molecule has 27 heavy (non-hydrogen) atoms. The maximum Gasteiger partial charge on any atom is 0.254 e. The molecule has 8 heteroatoms. The van der Waals surface area contributed by atoms with Gasteiger partial charge in [0.1, 0.15) is 6.10 Å². The largest absolute Gasteiger partial charge is 0.473 e. The van der Waals surface area contributed by atoms with Crippen molar-refractivity contribution in [2.45, 2.75) is 18.9 Å². The lowest BCUT2D eigenvalue weighted by Crippen LogP contribution is -2.42. The van der Waals surface area contributed by atoms with Crippen LogP contribution in [-0.2, 0) is 0 Å². The highest BCUT2D eigenvalue weighted by molar-refractivity contribution is 14.1. The average Bonchev–Trinajstić information content (AvgIpc) is 3.24. The molecule has 7 nitrogen and oxygen atoms in total. The number of benzene rings is 1. The molecule has 1 aromatic carbocycles. The Bertz CT molecular complexity index is 906. The van der Waals surface area contributed by atoms with Crippen LogP contribution in [0.4, 0.5) is 0 Å². The Hall–Kier alpha value is -2.49. The van der Waals surface area contributed by atoms with Crippen molar-refractivity contribution < 1.29 is 9.53 Å². The van der Waals surface area contributed by atoms with E-state index in [4.69, 9.17) is 4.74 Å². The van der Waals surface area contributed by atoms with Gasteiger partial charge in [0, 0.05) is 48.0 Å². The Kier molecular flexibility index (Phi) is 5.33. The fraction of sp³-hybridized carbons (Fsp3) is 0.263. The summed E-state index contributed by atoms with van der Waals surface area (Å²) in [6.07, 6.45) is 5.09. The molecule has 1 aliphatic heterocycles. The summed E-state index contributed by atoms with van der Waals surface area (Å²) in [7, 11) is 0. The molecule has 0 unspecified atom stereocenters. The standard InChI is InChI=1S/C19H18IN5O2/c20-16-5-2-1-4-15(16)19(26)24-12-8-14(9-13-24)27-18-7-6-17(22-23-18)25-11-3-10-21-25/h1-7,10-11,14H,8-9,12-13H2. The molecule has 1 fully saturated rings. The van der Waals surface area contributed by atoms with E-state index in [1.807, 2.05) is 47.5 Å². The molecule has 0 atom stereocenters. The van der Waals surface area contributed by atoms with Crippen molar-refractivity contribution in [3.63, 3.8) is 0 Å². The van der Waals surface area contributed by atoms with Gasteiger partial charge in [-0.1, -0.05) is 12.1 Å². The lowest BCUT2D eigenvalue weighted by molar-refractivity contribution is 0.0585. The molecule has 0 radical (unpaired) electrons. The van der Waals surface area contributed by atoms with E-state index >= 15 is 0 Å². The third kappa shape index (κ3) is 4.10. The second-order valence-electron chi connectivity index (χ2n) is 6.27. The lowest BCUT2D eigenvalue weighted by atomic mass is 10.1. The van der Waals surface area contributed by atoms with Crippen molar-refractivity contribution in [2.75, 3.05) is 13.1 Å². The Morgan fingerprint density at radius 1 is 1.07 bits per heavy atom. The van der Waals surface area contributed by atoms with Crippen LogP contribution in [0.2, 0.25) is 0 Å².